The number of ether oxygens (including phenoxy) is 1. The maximum atomic E-state index is 11.3. The molecule has 0 bridgehead atoms. The van der Waals surface area contributed by atoms with Gasteiger partial charge in [-0.25, -0.2) is 8.42 Å². The number of para-hydroxylation sites is 1. The van der Waals surface area contributed by atoms with E-state index in [1.165, 1.54) is 0 Å². The fourth-order valence-electron chi connectivity index (χ4n) is 1.79. The molecule has 0 spiro atoms. The van der Waals surface area contributed by atoms with Crippen LogP contribution in [0.4, 0.5) is 5.69 Å². The zero-order valence-corrected chi connectivity index (χ0v) is 9.96. The van der Waals surface area contributed by atoms with Gasteiger partial charge < -0.3 is 10.5 Å². The monoisotopic (exact) mass is 241 g/mol. The Kier molecular flexibility index (Phi) is 2.80. The van der Waals surface area contributed by atoms with Crippen molar-refractivity contribution in [2.45, 2.75) is 19.4 Å². The van der Waals surface area contributed by atoms with Crippen LogP contribution in [0.3, 0.4) is 0 Å². The van der Waals surface area contributed by atoms with E-state index in [9.17, 15) is 8.42 Å². The van der Waals surface area contributed by atoms with Crippen LogP contribution in [-0.2, 0) is 9.84 Å². The maximum Gasteiger partial charge on any atom is 0.154 e. The van der Waals surface area contributed by atoms with E-state index >= 15 is 0 Å². The largest absolute Gasteiger partial charge is 0.487 e. The van der Waals surface area contributed by atoms with Gasteiger partial charge in [0, 0.05) is 0 Å². The van der Waals surface area contributed by atoms with Gasteiger partial charge in [-0.15, -0.1) is 0 Å². The number of aryl methyl sites for hydroxylation is 1. The van der Waals surface area contributed by atoms with Gasteiger partial charge in [0.05, 0.1) is 17.2 Å². The van der Waals surface area contributed by atoms with Gasteiger partial charge >= 0.3 is 0 Å². The van der Waals surface area contributed by atoms with Crippen LogP contribution in [0.15, 0.2) is 18.2 Å². The first kappa shape index (κ1) is 11.3. The summed E-state index contributed by atoms with van der Waals surface area (Å²) in [5.74, 6) is 0.895. The summed E-state index contributed by atoms with van der Waals surface area (Å²) in [5, 5.41) is 0. The van der Waals surface area contributed by atoms with Crippen LogP contribution in [0.1, 0.15) is 12.0 Å². The molecule has 1 unspecified atom stereocenters. The molecule has 0 saturated carbocycles. The zero-order valence-electron chi connectivity index (χ0n) is 9.14. The second-order valence-electron chi connectivity index (χ2n) is 4.13. The summed E-state index contributed by atoms with van der Waals surface area (Å²) >= 11 is 0. The minimum absolute atomic E-state index is 0.0976. The number of anilines is 1. The third kappa shape index (κ3) is 2.29. The third-order valence-corrected chi connectivity index (χ3v) is 4.51. The molecule has 1 saturated heterocycles. The smallest absolute Gasteiger partial charge is 0.154 e. The molecule has 0 aliphatic carbocycles. The van der Waals surface area contributed by atoms with Crippen LogP contribution >= 0.6 is 0 Å². The average molecular weight is 241 g/mol. The first-order valence-corrected chi connectivity index (χ1v) is 7.02. The standard InChI is InChI=1S/C11H15NO3S/c1-8-3-2-4-10(11(8)12)15-9-5-6-16(13,14)7-9/h2-4,9H,5-7,12H2,1H3. The third-order valence-electron chi connectivity index (χ3n) is 2.77. The predicted octanol–water partition coefficient (Wildman–Crippen LogP) is 1.14. The number of sulfone groups is 1. The van der Waals surface area contributed by atoms with E-state index in [0.717, 1.165) is 5.56 Å². The second kappa shape index (κ2) is 3.97. The van der Waals surface area contributed by atoms with E-state index in [0.29, 0.717) is 17.9 Å². The molecule has 88 valence electrons. The van der Waals surface area contributed by atoms with Crippen molar-refractivity contribution in [3.05, 3.63) is 23.8 Å². The summed E-state index contributed by atoms with van der Waals surface area (Å²) in [6.45, 7) is 1.90. The Hall–Kier alpha value is -1.23. The van der Waals surface area contributed by atoms with E-state index in [-0.39, 0.29) is 17.6 Å². The van der Waals surface area contributed by atoms with Gasteiger partial charge in [-0.05, 0) is 25.0 Å². The fraction of sp³-hybridized carbons (Fsp3) is 0.455. The summed E-state index contributed by atoms with van der Waals surface area (Å²) in [6.07, 6.45) is 0.296. The first-order chi connectivity index (χ1) is 7.48. The number of nitrogens with two attached hydrogens (primary N) is 1. The van der Waals surface area contributed by atoms with E-state index in [1.54, 1.807) is 6.07 Å². The minimum atomic E-state index is -2.90. The lowest BCUT2D eigenvalue weighted by Crippen LogP contribution is -2.18. The van der Waals surface area contributed by atoms with Crippen molar-refractivity contribution in [1.29, 1.82) is 0 Å². The Morgan fingerprint density at radius 1 is 1.44 bits per heavy atom. The highest BCUT2D eigenvalue weighted by Gasteiger charge is 2.29. The Bertz CT molecular complexity index is 496. The highest BCUT2D eigenvalue weighted by molar-refractivity contribution is 7.91. The number of nitrogen functional groups attached to an aromatic ring is 1. The highest BCUT2D eigenvalue weighted by Crippen LogP contribution is 2.27. The molecule has 2 N–H and O–H groups in total. The number of rotatable bonds is 2. The molecule has 0 amide bonds. The molecule has 1 atom stereocenters. The van der Waals surface area contributed by atoms with Crippen LogP contribution < -0.4 is 10.5 Å². The highest BCUT2D eigenvalue weighted by atomic mass is 32.2. The molecule has 1 aromatic carbocycles. The lowest BCUT2D eigenvalue weighted by atomic mass is 10.2. The lowest BCUT2D eigenvalue weighted by molar-refractivity contribution is 0.230. The van der Waals surface area contributed by atoms with Crippen molar-refractivity contribution in [2.24, 2.45) is 0 Å². The minimum Gasteiger partial charge on any atom is -0.487 e. The van der Waals surface area contributed by atoms with Crippen LogP contribution in [0.2, 0.25) is 0 Å². The van der Waals surface area contributed by atoms with Crippen molar-refractivity contribution < 1.29 is 13.2 Å². The molecule has 5 heteroatoms. The van der Waals surface area contributed by atoms with Gasteiger partial charge in [-0.3, -0.25) is 0 Å². The molecule has 1 aliphatic rings. The van der Waals surface area contributed by atoms with Crippen LogP contribution in [0.25, 0.3) is 0 Å². The quantitative estimate of drug-likeness (QED) is 0.788. The normalized spacial score (nSPS) is 23.2. The van der Waals surface area contributed by atoms with Crippen LogP contribution in [0, 0.1) is 6.92 Å². The molecule has 0 radical (unpaired) electrons. The second-order valence-corrected chi connectivity index (χ2v) is 6.36. The van der Waals surface area contributed by atoms with E-state index in [1.807, 2.05) is 19.1 Å². The average Bonchev–Trinajstić information content (AvgIpc) is 2.53. The van der Waals surface area contributed by atoms with Gasteiger partial charge in [-0.2, -0.15) is 0 Å². The Labute approximate surface area is 95.3 Å². The maximum absolute atomic E-state index is 11.3. The van der Waals surface area contributed by atoms with Crippen molar-refractivity contribution in [2.75, 3.05) is 17.2 Å². The van der Waals surface area contributed by atoms with Gasteiger partial charge in [0.2, 0.25) is 0 Å². The molecular weight excluding hydrogens is 226 g/mol. The first-order valence-electron chi connectivity index (χ1n) is 5.20. The molecule has 0 aromatic heterocycles. The molecular formula is C11H15NO3S. The van der Waals surface area contributed by atoms with Crippen molar-refractivity contribution in [3.8, 4) is 5.75 Å². The Balaban J connectivity index is 2.14. The van der Waals surface area contributed by atoms with Gasteiger partial charge in [-0.1, -0.05) is 12.1 Å². The summed E-state index contributed by atoms with van der Waals surface area (Å²) < 4.78 is 28.2. The summed E-state index contributed by atoms with van der Waals surface area (Å²) in [6, 6.07) is 5.52. The van der Waals surface area contributed by atoms with Crippen LogP contribution in [0.5, 0.6) is 5.75 Å². The number of benzene rings is 1. The van der Waals surface area contributed by atoms with E-state index in [2.05, 4.69) is 0 Å². The van der Waals surface area contributed by atoms with Crippen molar-refractivity contribution in [1.82, 2.24) is 0 Å². The van der Waals surface area contributed by atoms with Crippen LogP contribution in [-0.4, -0.2) is 26.0 Å². The fourth-order valence-corrected chi connectivity index (χ4v) is 3.38. The van der Waals surface area contributed by atoms with Crippen molar-refractivity contribution in [3.63, 3.8) is 0 Å². The van der Waals surface area contributed by atoms with E-state index < -0.39 is 9.84 Å². The molecule has 1 heterocycles. The van der Waals surface area contributed by atoms with E-state index in [4.69, 9.17) is 10.5 Å². The lowest BCUT2D eigenvalue weighted by Gasteiger charge is -2.14. The predicted molar refractivity (Wildman–Crippen MR) is 63.3 cm³/mol. The molecule has 1 aliphatic heterocycles. The topological polar surface area (TPSA) is 69.4 Å². The molecule has 16 heavy (non-hydrogen) atoms. The van der Waals surface area contributed by atoms with Gasteiger partial charge in [0.15, 0.2) is 9.84 Å². The summed E-state index contributed by atoms with van der Waals surface area (Å²) in [7, 11) is -2.90. The Morgan fingerprint density at radius 3 is 2.81 bits per heavy atom. The van der Waals surface area contributed by atoms with Crippen molar-refractivity contribution >= 4 is 15.5 Å². The summed E-state index contributed by atoms with van der Waals surface area (Å²) in [5.41, 5.74) is 7.39. The molecule has 4 nitrogen and oxygen atoms in total. The number of hydrogen-bond acceptors (Lipinski definition) is 4. The summed E-state index contributed by atoms with van der Waals surface area (Å²) in [4.78, 5) is 0. The van der Waals surface area contributed by atoms with Gasteiger partial charge in [0.1, 0.15) is 11.9 Å². The molecule has 1 aromatic rings. The Morgan fingerprint density at radius 2 is 2.19 bits per heavy atom. The zero-order chi connectivity index (χ0) is 11.8. The molecule has 2 rings (SSSR count). The SMILES string of the molecule is Cc1cccc(OC2CCS(=O)(=O)C2)c1N. The molecule has 1 fully saturated rings. The van der Waals surface area contributed by atoms with Gasteiger partial charge in [0.25, 0.3) is 0 Å². The number of hydrogen-bond donors (Lipinski definition) is 1.